The first kappa shape index (κ1) is 20.8. The van der Waals surface area contributed by atoms with E-state index < -0.39 is 6.04 Å². The van der Waals surface area contributed by atoms with E-state index in [0.29, 0.717) is 17.8 Å². The van der Waals surface area contributed by atoms with E-state index in [2.05, 4.69) is 35.1 Å². The number of nitrogens with one attached hydrogen (secondary N) is 2. The summed E-state index contributed by atoms with van der Waals surface area (Å²) in [6.45, 7) is 6.23. The van der Waals surface area contributed by atoms with E-state index in [0.717, 1.165) is 27.6 Å². The number of carbonyl (C=O) groups excluding carboxylic acids is 2. The van der Waals surface area contributed by atoms with Gasteiger partial charge in [0.15, 0.2) is 0 Å². The van der Waals surface area contributed by atoms with Gasteiger partial charge < -0.3 is 10.3 Å². The molecule has 2 amide bonds. The zero-order valence-electron chi connectivity index (χ0n) is 18.4. The summed E-state index contributed by atoms with van der Waals surface area (Å²) in [5.41, 5.74) is 5.23. The largest absolute Gasteiger partial charge is 0.361 e. The van der Waals surface area contributed by atoms with Gasteiger partial charge in [0.1, 0.15) is 6.04 Å². The Labute approximate surface area is 192 Å². The number of amides is 2. The summed E-state index contributed by atoms with van der Waals surface area (Å²) in [6, 6.07) is 25.0. The molecule has 1 aromatic heterocycles. The van der Waals surface area contributed by atoms with Crippen molar-refractivity contribution in [2.75, 3.05) is 6.54 Å². The average Bonchev–Trinajstić information content (AvgIpc) is 3.39. The van der Waals surface area contributed by atoms with Crippen molar-refractivity contribution in [3.8, 4) is 0 Å². The maximum Gasteiger partial charge on any atom is 0.259 e. The Hall–Kier alpha value is -4.12. The van der Waals surface area contributed by atoms with Gasteiger partial charge >= 0.3 is 0 Å². The molecule has 0 aliphatic carbocycles. The van der Waals surface area contributed by atoms with Gasteiger partial charge in [-0.25, -0.2) is 0 Å². The minimum atomic E-state index is -0.670. The molecule has 0 spiro atoms. The number of nitrogens with zero attached hydrogens (tertiary/aromatic N) is 1. The van der Waals surface area contributed by atoms with E-state index in [1.165, 1.54) is 4.90 Å². The third-order valence-electron chi connectivity index (χ3n) is 6.42. The average molecular weight is 436 g/mol. The summed E-state index contributed by atoms with van der Waals surface area (Å²) in [6.07, 6.45) is 2.01. The highest BCUT2D eigenvalue weighted by Crippen LogP contribution is 2.33. The maximum absolute atomic E-state index is 13.2. The standard InChI is InChI=1S/C28H25N3O2/c1-18-21-12-6-7-14-23(21)28(33)31(18)19(2)27(32)30-16-24(20-10-4-3-5-11-20)25-17-29-26-15-9-8-13-22(25)26/h3-15,17,19,24,29H,1,16H2,2H3,(H,30,32). The molecule has 5 nitrogen and oxygen atoms in total. The van der Waals surface area contributed by atoms with Crippen molar-refractivity contribution in [2.45, 2.75) is 18.9 Å². The minimum Gasteiger partial charge on any atom is -0.361 e. The molecular weight excluding hydrogens is 410 g/mol. The fourth-order valence-corrected chi connectivity index (χ4v) is 4.66. The number of fused-ring (bicyclic) bond motifs is 2. The van der Waals surface area contributed by atoms with E-state index in [1.807, 2.05) is 60.8 Å². The van der Waals surface area contributed by atoms with E-state index >= 15 is 0 Å². The van der Waals surface area contributed by atoms with Crippen LogP contribution in [0.25, 0.3) is 16.6 Å². The molecule has 5 rings (SSSR count). The van der Waals surface area contributed by atoms with Gasteiger partial charge in [-0.05, 0) is 30.2 Å². The van der Waals surface area contributed by atoms with Gasteiger partial charge in [-0.1, -0.05) is 73.3 Å². The number of H-pyrrole nitrogens is 1. The third kappa shape index (κ3) is 3.61. The number of hydrogen-bond acceptors (Lipinski definition) is 2. The molecule has 2 unspecified atom stereocenters. The molecule has 4 aromatic rings. The molecule has 3 aromatic carbocycles. The van der Waals surface area contributed by atoms with Crippen LogP contribution in [0.1, 0.15) is 39.9 Å². The molecule has 164 valence electrons. The van der Waals surface area contributed by atoms with E-state index in [9.17, 15) is 9.59 Å². The second kappa shape index (κ2) is 8.43. The predicted octanol–water partition coefficient (Wildman–Crippen LogP) is 4.93. The second-order valence-electron chi connectivity index (χ2n) is 8.34. The Morgan fingerprint density at radius 3 is 2.39 bits per heavy atom. The summed E-state index contributed by atoms with van der Waals surface area (Å²) in [5.74, 6) is -0.430. The minimum absolute atomic E-state index is 0.0341. The van der Waals surface area contributed by atoms with Crippen LogP contribution in [0, 0.1) is 0 Å². The quantitative estimate of drug-likeness (QED) is 0.451. The topological polar surface area (TPSA) is 65.2 Å². The highest BCUT2D eigenvalue weighted by Gasteiger charge is 2.36. The van der Waals surface area contributed by atoms with Gasteiger partial charge in [0.25, 0.3) is 5.91 Å². The predicted molar refractivity (Wildman–Crippen MR) is 131 cm³/mol. The molecule has 1 aliphatic rings. The van der Waals surface area contributed by atoms with Gasteiger partial charge in [-0.15, -0.1) is 0 Å². The van der Waals surface area contributed by atoms with Crippen LogP contribution in [0.4, 0.5) is 0 Å². The Kier molecular flexibility index (Phi) is 5.31. The Bertz CT molecular complexity index is 1320. The van der Waals surface area contributed by atoms with Crippen LogP contribution in [0.2, 0.25) is 0 Å². The zero-order valence-corrected chi connectivity index (χ0v) is 18.4. The summed E-state index contributed by atoms with van der Waals surface area (Å²) in [5, 5.41) is 4.22. The van der Waals surface area contributed by atoms with Crippen molar-refractivity contribution in [1.29, 1.82) is 0 Å². The first-order valence-corrected chi connectivity index (χ1v) is 11.1. The van der Waals surface area contributed by atoms with Gasteiger partial charge in [0, 0.05) is 46.4 Å². The van der Waals surface area contributed by atoms with Crippen LogP contribution in [-0.2, 0) is 4.79 Å². The van der Waals surface area contributed by atoms with Crippen LogP contribution in [0.5, 0.6) is 0 Å². The highest BCUT2D eigenvalue weighted by molar-refractivity contribution is 6.10. The molecule has 2 atom stereocenters. The first-order valence-electron chi connectivity index (χ1n) is 11.1. The lowest BCUT2D eigenvalue weighted by Crippen LogP contribution is -2.45. The number of carbonyl (C=O) groups is 2. The molecule has 5 heteroatoms. The molecule has 0 fully saturated rings. The first-order chi connectivity index (χ1) is 16.1. The van der Waals surface area contributed by atoms with Crippen molar-refractivity contribution < 1.29 is 9.59 Å². The van der Waals surface area contributed by atoms with E-state index in [-0.39, 0.29) is 17.7 Å². The van der Waals surface area contributed by atoms with E-state index in [1.54, 1.807) is 13.0 Å². The number of benzene rings is 3. The van der Waals surface area contributed by atoms with Crippen LogP contribution in [0.15, 0.2) is 91.6 Å². The number of hydrogen-bond donors (Lipinski definition) is 2. The van der Waals surface area contributed by atoms with Crippen LogP contribution >= 0.6 is 0 Å². The summed E-state index contributed by atoms with van der Waals surface area (Å²) in [7, 11) is 0. The molecule has 0 bridgehead atoms. The van der Waals surface area contributed by atoms with E-state index in [4.69, 9.17) is 0 Å². The smallest absolute Gasteiger partial charge is 0.259 e. The Morgan fingerprint density at radius 1 is 0.970 bits per heavy atom. The molecular formula is C28H25N3O2. The Morgan fingerprint density at radius 2 is 1.64 bits per heavy atom. The molecule has 33 heavy (non-hydrogen) atoms. The van der Waals surface area contributed by atoms with Gasteiger partial charge in [-0.2, -0.15) is 0 Å². The lowest BCUT2D eigenvalue weighted by molar-refractivity contribution is -0.124. The van der Waals surface area contributed by atoms with Gasteiger partial charge in [0.05, 0.1) is 0 Å². The van der Waals surface area contributed by atoms with Crippen molar-refractivity contribution in [3.05, 3.63) is 114 Å². The summed E-state index contributed by atoms with van der Waals surface area (Å²) < 4.78 is 0. The fourth-order valence-electron chi connectivity index (χ4n) is 4.66. The summed E-state index contributed by atoms with van der Waals surface area (Å²) >= 11 is 0. The molecule has 2 heterocycles. The zero-order chi connectivity index (χ0) is 22.9. The lowest BCUT2D eigenvalue weighted by atomic mass is 9.91. The van der Waals surface area contributed by atoms with Crippen molar-refractivity contribution in [1.82, 2.24) is 15.2 Å². The fraction of sp³-hybridized carbons (Fsp3) is 0.143. The van der Waals surface area contributed by atoms with Crippen molar-refractivity contribution in [3.63, 3.8) is 0 Å². The highest BCUT2D eigenvalue weighted by atomic mass is 16.2. The number of aromatic nitrogens is 1. The normalized spacial score (nSPS) is 14.9. The maximum atomic E-state index is 13.2. The molecule has 1 aliphatic heterocycles. The summed E-state index contributed by atoms with van der Waals surface area (Å²) in [4.78, 5) is 30.9. The number of aromatic amines is 1. The van der Waals surface area contributed by atoms with Crippen molar-refractivity contribution >= 4 is 28.4 Å². The number of rotatable bonds is 6. The van der Waals surface area contributed by atoms with Crippen LogP contribution in [-0.4, -0.2) is 34.3 Å². The van der Waals surface area contributed by atoms with Crippen molar-refractivity contribution in [2.24, 2.45) is 0 Å². The molecule has 2 N–H and O–H groups in total. The van der Waals surface area contributed by atoms with Gasteiger partial charge in [-0.3, -0.25) is 14.5 Å². The molecule has 0 radical (unpaired) electrons. The lowest BCUT2D eigenvalue weighted by Gasteiger charge is -2.26. The monoisotopic (exact) mass is 435 g/mol. The second-order valence-corrected chi connectivity index (χ2v) is 8.34. The van der Waals surface area contributed by atoms with Crippen LogP contribution in [0.3, 0.4) is 0 Å². The molecule has 0 saturated carbocycles. The van der Waals surface area contributed by atoms with Crippen LogP contribution < -0.4 is 5.32 Å². The SMILES string of the molecule is C=C1c2ccccc2C(=O)N1C(C)C(=O)NCC(c1ccccc1)c1c[nH]c2ccccc12. The van der Waals surface area contributed by atoms with Gasteiger partial charge in [0.2, 0.25) is 5.91 Å². The third-order valence-corrected chi connectivity index (χ3v) is 6.42. The molecule has 0 saturated heterocycles. The Balaban J connectivity index is 1.38. The number of para-hydroxylation sites is 1.